The van der Waals surface area contributed by atoms with Crippen LogP contribution in [0.4, 0.5) is 5.69 Å². The van der Waals surface area contributed by atoms with Gasteiger partial charge in [-0.3, -0.25) is 9.89 Å². The lowest BCUT2D eigenvalue weighted by Gasteiger charge is -2.07. The van der Waals surface area contributed by atoms with Crippen LogP contribution in [0.5, 0.6) is 0 Å². The maximum atomic E-state index is 12.2. The first-order valence-electron chi connectivity index (χ1n) is 5.82. The highest BCUT2D eigenvalue weighted by Crippen LogP contribution is 2.08. The predicted octanol–water partition coefficient (Wildman–Crippen LogP) is 2.57. The standard InChI is InChI=1S/C14H11N3OS/c18-13-11-8-4-5-9-12(11)16-17(13)14(19)15-10-6-2-1-3-7-10/h1-9,16H,(H,15,19). The molecule has 0 fully saturated rings. The van der Waals surface area contributed by atoms with Crippen LogP contribution in [0.15, 0.2) is 59.4 Å². The van der Waals surface area contributed by atoms with Crippen LogP contribution < -0.4 is 10.9 Å². The first kappa shape index (κ1) is 11.7. The molecular formula is C14H11N3OS. The molecule has 0 bridgehead atoms. The van der Waals surface area contributed by atoms with Crippen molar-refractivity contribution in [2.75, 3.05) is 5.32 Å². The third-order valence-electron chi connectivity index (χ3n) is 2.82. The fourth-order valence-electron chi connectivity index (χ4n) is 1.90. The summed E-state index contributed by atoms with van der Waals surface area (Å²) >= 11 is 5.25. The first-order chi connectivity index (χ1) is 9.25. The summed E-state index contributed by atoms with van der Waals surface area (Å²) < 4.78 is 1.34. The molecule has 4 nitrogen and oxygen atoms in total. The van der Waals surface area contributed by atoms with Crippen LogP contribution in [0.1, 0.15) is 0 Å². The number of hydrogen-bond acceptors (Lipinski definition) is 2. The molecule has 5 heteroatoms. The van der Waals surface area contributed by atoms with Crippen molar-refractivity contribution in [3.63, 3.8) is 0 Å². The fraction of sp³-hybridized carbons (Fsp3) is 0. The van der Waals surface area contributed by atoms with E-state index in [2.05, 4.69) is 10.4 Å². The number of aromatic amines is 1. The number of anilines is 1. The highest BCUT2D eigenvalue weighted by Gasteiger charge is 2.09. The number of nitrogens with zero attached hydrogens (tertiary/aromatic N) is 1. The van der Waals surface area contributed by atoms with Crippen molar-refractivity contribution >= 4 is 33.9 Å². The molecule has 0 unspecified atom stereocenters. The summed E-state index contributed by atoms with van der Waals surface area (Å²) in [5, 5.41) is 6.96. The van der Waals surface area contributed by atoms with Crippen molar-refractivity contribution in [2.45, 2.75) is 0 Å². The Balaban J connectivity index is 1.98. The molecule has 2 aromatic carbocycles. The zero-order valence-corrected chi connectivity index (χ0v) is 10.8. The molecule has 3 aromatic rings. The van der Waals surface area contributed by atoms with Crippen molar-refractivity contribution in [1.29, 1.82) is 0 Å². The summed E-state index contributed by atoms with van der Waals surface area (Å²) in [6.07, 6.45) is 0. The molecule has 0 amide bonds. The molecule has 1 aromatic heterocycles. The van der Waals surface area contributed by atoms with Crippen LogP contribution in [0.3, 0.4) is 0 Å². The van der Waals surface area contributed by atoms with Gasteiger partial charge in [0, 0.05) is 5.69 Å². The van der Waals surface area contributed by atoms with E-state index in [-0.39, 0.29) is 5.56 Å². The minimum absolute atomic E-state index is 0.149. The molecule has 0 atom stereocenters. The smallest absolute Gasteiger partial charge is 0.281 e. The summed E-state index contributed by atoms with van der Waals surface area (Å²) in [4.78, 5) is 12.2. The number of hydrogen-bond donors (Lipinski definition) is 2. The number of nitrogens with one attached hydrogen (secondary N) is 2. The third kappa shape index (κ3) is 2.15. The van der Waals surface area contributed by atoms with Crippen LogP contribution in [0.2, 0.25) is 0 Å². The topological polar surface area (TPSA) is 49.8 Å². The van der Waals surface area contributed by atoms with E-state index < -0.39 is 0 Å². The monoisotopic (exact) mass is 269 g/mol. The summed E-state index contributed by atoms with van der Waals surface area (Å²) in [7, 11) is 0. The lowest BCUT2D eigenvalue weighted by atomic mass is 10.3. The van der Waals surface area contributed by atoms with Crippen molar-refractivity contribution in [3.8, 4) is 0 Å². The Morgan fingerprint density at radius 2 is 1.74 bits per heavy atom. The highest BCUT2D eigenvalue weighted by atomic mass is 32.1. The largest absolute Gasteiger partial charge is 0.331 e. The van der Waals surface area contributed by atoms with Gasteiger partial charge in [0.25, 0.3) is 5.56 Å². The van der Waals surface area contributed by atoms with E-state index in [4.69, 9.17) is 12.2 Å². The van der Waals surface area contributed by atoms with Gasteiger partial charge in [0.15, 0.2) is 5.11 Å². The number of benzene rings is 2. The van der Waals surface area contributed by atoms with E-state index in [1.165, 1.54) is 4.68 Å². The van der Waals surface area contributed by atoms with Gasteiger partial charge in [-0.25, -0.2) is 0 Å². The van der Waals surface area contributed by atoms with Gasteiger partial charge >= 0.3 is 0 Å². The summed E-state index contributed by atoms with van der Waals surface area (Å²) in [6.45, 7) is 0. The average molecular weight is 269 g/mol. The molecule has 19 heavy (non-hydrogen) atoms. The molecule has 0 saturated heterocycles. The maximum Gasteiger partial charge on any atom is 0.281 e. The minimum atomic E-state index is -0.149. The molecule has 2 N–H and O–H groups in total. The van der Waals surface area contributed by atoms with E-state index in [1.54, 1.807) is 6.07 Å². The Hall–Kier alpha value is -2.40. The summed E-state index contributed by atoms with van der Waals surface area (Å²) in [5.74, 6) is 0. The van der Waals surface area contributed by atoms with Gasteiger partial charge in [-0.2, -0.15) is 4.68 Å². The molecule has 0 radical (unpaired) electrons. The SMILES string of the molecule is O=c1c2ccccc2[nH]n1C(=S)Nc1ccccc1. The first-order valence-corrected chi connectivity index (χ1v) is 6.23. The number of thiocarbonyl (C=S) groups is 1. The Kier molecular flexibility index (Phi) is 2.89. The molecule has 0 saturated carbocycles. The number of aromatic nitrogens is 2. The number of rotatable bonds is 1. The van der Waals surface area contributed by atoms with Crippen molar-refractivity contribution < 1.29 is 0 Å². The van der Waals surface area contributed by atoms with Gasteiger partial charge in [0.05, 0.1) is 10.9 Å². The van der Waals surface area contributed by atoms with Gasteiger partial charge in [-0.1, -0.05) is 30.3 Å². The molecule has 3 rings (SSSR count). The highest BCUT2D eigenvalue weighted by molar-refractivity contribution is 7.80. The Morgan fingerprint density at radius 3 is 2.47 bits per heavy atom. The molecule has 0 spiro atoms. The number of para-hydroxylation sites is 2. The van der Waals surface area contributed by atoms with Crippen LogP contribution in [0, 0.1) is 0 Å². The van der Waals surface area contributed by atoms with Crippen LogP contribution in [-0.2, 0) is 0 Å². The van der Waals surface area contributed by atoms with E-state index >= 15 is 0 Å². The van der Waals surface area contributed by atoms with Gasteiger partial charge in [-0.05, 0) is 36.5 Å². The number of H-pyrrole nitrogens is 1. The molecule has 0 aliphatic rings. The van der Waals surface area contributed by atoms with Crippen LogP contribution >= 0.6 is 12.2 Å². The Bertz CT molecular complexity index is 789. The normalized spacial score (nSPS) is 10.5. The minimum Gasteiger partial charge on any atom is -0.331 e. The Morgan fingerprint density at radius 1 is 1.05 bits per heavy atom. The molecule has 94 valence electrons. The molecule has 0 aliphatic heterocycles. The summed E-state index contributed by atoms with van der Waals surface area (Å²) in [5.41, 5.74) is 1.46. The van der Waals surface area contributed by atoms with Crippen molar-refractivity contribution in [2.24, 2.45) is 0 Å². The number of fused-ring (bicyclic) bond motifs is 1. The van der Waals surface area contributed by atoms with Gasteiger partial charge < -0.3 is 5.32 Å². The van der Waals surface area contributed by atoms with Gasteiger partial charge in [0.2, 0.25) is 0 Å². The fourth-order valence-corrected chi connectivity index (χ4v) is 2.15. The second kappa shape index (κ2) is 4.70. The summed E-state index contributed by atoms with van der Waals surface area (Å²) in [6, 6.07) is 16.8. The van der Waals surface area contributed by atoms with Crippen molar-refractivity contribution in [3.05, 3.63) is 65.0 Å². The molecule has 1 heterocycles. The van der Waals surface area contributed by atoms with Crippen molar-refractivity contribution in [1.82, 2.24) is 9.78 Å². The zero-order chi connectivity index (χ0) is 13.2. The van der Waals surface area contributed by atoms with E-state index in [9.17, 15) is 4.79 Å². The van der Waals surface area contributed by atoms with E-state index in [0.717, 1.165) is 11.2 Å². The second-order valence-corrected chi connectivity index (χ2v) is 4.48. The molecular weight excluding hydrogens is 258 g/mol. The second-order valence-electron chi connectivity index (χ2n) is 4.09. The average Bonchev–Trinajstić information content (AvgIpc) is 2.78. The predicted molar refractivity (Wildman–Crippen MR) is 80.6 cm³/mol. The van der Waals surface area contributed by atoms with Gasteiger partial charge in [-0.15, -0.1) is 0 Å². The van der Waals surface area contributed by atoms with E-state index in [1.807, 2.05) is 48.5 Å². The third-order valence-corrected chi connectivity index (χ3v) is 3.11. The maximum absolute atomic E-state index is 12.2. The quantitative estimate of drug-likeness (QED) is 0.668. The lowest BCUT2D eigenvalue weighted by Crippen LogP contribution is -2.29. The van der Waals surface area contributed by atoms with Gasteiger partial charge in [0.1, 0.15) is 0 Å². The molecule has 0 aliphatic carbocycles. The lowest BCUT2D eigenvalue weighted by molar-refractivity contribution is 0.930. The zero-order valence-electron chi connectivity index (χ0n) is 9.96. The Labute approximate surface area is 114 Å². The van der Waals surface area contributed by atoms with Crippen LogP contribution in [0.25, 0.3) is 10.9 Å². The van der Waals surface area contributed by atoms with E-state index in [0.29, 0.717) is 10.5 Å². The van der Waals surface area contributed by atoms with Crippen LogP contribution in [-0.4, -0.2) is 14.9 Å².